The van der Waals surface area contributed by atoms with Gasteiger partial charge in [-0.25, -0.2) is 4.79 Å². The third kappa shape index (κ3) is 3.50. The van der Waals surface area contributed by atoms with Gasteiger partial charge in [0.25, 0.3) is 0 Å². The second-order valence-electron chi connectivity index (χ2n) is 5.68. The largest absolute Gasteiger partial charge is 0.449 e. The first-order chi connectivity index (χ1) is 10.7. The Hall–Kier alpha value is -2.24. The molecule has 0 saturated carbocycles. The number of hydrogen-bond donors (Lipinski definition) is 1. The Morgan fingerprint density at radius 2 is 1.82 bits per heavy atom. The molecule has 3 rings (SSSR count). The normalized spacial score (nSPS) is 18.3. The quantitative estimate of drug-likeness (QED) is 0.925. The van der Waals surface area contributed by atoms with Crippen molar-refractivity contribution >= 4 is 23.4 Å². The van der Waals surface area contributed by atoms with Crippen molar-refractivity contribution < 1.29 is 14.3 Å². The molecular weight excluding hydrogens is 282 g/mol. The molecule has 0 aromatic heterocycles. The molecular formula is C16H21N3O3. The Bertz CT molecular complexity index is 538. The Labute approximate surface area is 130 Å². The number of ether oxygens (including phenoxy) is 1. The standard InChI is InChI=1S/C16H21N3O3/c20-15(12-19-10-3-11-22-16(19)21)17-13-4-6-14(7-5-13)18-8-1-2-9-18/h4-7H,1-3,8-12H2,(H,17,20). The maximum absolute atomic E-state index is 12.0. The lowest BCUT2D eigenvalue weighted by Gasteiger charge is -2.25. The zero-order valence-electron chi connectivity index (χ0n) is 12.6. The highest BCUT2D eigenvalue weighted by molar-refractivity contribution is 5.94. The summed E-state index contributed by atoms with van der Waals surface area (Å²) in [6.45, 7) is 3.24. The van der Waals surface area contributed by atoms with Gasteiger partial charge in [-0.05, 0) is 43.5 Å². The van der Waals surface area contributed by atoms with Gasteiger partial charge in [0, 0.05) is 31.0 Å². The van der Waals surface area contributed by atoms with E-state index < -0.39 is 6.09 Å². The highest BCUT2D eigenvalue weighted by atomic mass is 16.6. The van der Waals surface area contributed by atoms with Crippen LogP contribution in [0.4, 0.5) is 16.2 Å². The molecule has 22 heavy (non-hydrogen) atoms. The average Bonchev–Trinajstić information content (AvgIpc) is 3.05. The molecule has 2 aliphatic heterocycles. The number of rotatable bonds is 4. The first-order valence-electron chi connectivity index (χ1n) is 7.79. The number of amides is 2. The van der Waals surface area contributed by atoms with E-state index >= 15 is 0 Å². The zero-order chi connectivity index (χ0) is 15.4. The minimum absolute atomic E-state index is 0.0344. The summed E-state index contributed by atoms with van der Waals surface area (Å²) < 4.78 is 4.92. The summed E-state index contributed by atoms with van der Waals surface area (Å²) >= 11 is 0. The van der Waals surface area contributed by atoms with E-state index in [4.69, 9.17) is 4.74 Å². The lowest BCUT2D eigenvalue weighted by molar-refractivity contribution is -0.117. The van der Waals surface area contributed by atoms with E-state index in [0.29, 0.717) is 13.2 Å². The van der Waals surface area contributed by atoms with E-state index in [9.17, 15) is 9.59 Å². The van der Waals surface area contributed by atoms with Crippen molar-refractivity contribution in [3.63, 3.8) is 0 Å². The van der Waals surface area contributed by atoms with Crippen LogP contribution in [-0.4, -0.2) is 49.7 Å². The van der Waals surface area contributed by atoms with Crippen molar-refractivity contribution in [3.8, 4) is 0 Å². The predicted molar refractivity (Wildman–Crippen MR) is 84.1 cm³/mol. The second-order valence-corrected chi connectivity index (χ2v) is 5.68. The molecule has 0 spiro atoms. The van der Waals surface area contributed by atoms with Crippen LogP contribution in [-0.2, 0) is 9.53 Å². The fourth-order valence-corrected chi connectivity index (χ4v) is 2.85. The summed E-state index contributed by atoms with van der Waals surface area (Å²) in [4.78, 5) is 27.3. The van der Waals surface area contributed by atoms with Gasteiger partial charge in [-0.2, -0.15) is 0 Å². The summed E-state index contributed by atoms with van der Waals surface area (Å²) in [5, 5.41) is 2.82. The number of carbonyl (C=O) groups is 2. The molecule has 6 heteroatoms. The van der Waals surface area contributed by atoms with Gasteiger partial charge in [0.05, 0.1) is 6.61 Å². The van der Waals surface area contributed by atoms with Crippen molar-refractivity contribution in [3.05, 3.63) is 24.3 Å². The second kappa shape index (κ2) is 6.68. The van der Waals surface area contributed by atoms with Gasteiger partial charge in [0.2, 0.25) is 5.91 Å². The average molecular weight is 303 g/mol. The van der Waals surface area contributed by atoms with Crippen LogP contribution in [0.2, 0.25) is 0 Å². The van der Waals surface area contributed by atoms with Crippen molar-refractivity contribution in [2.45, 2.75) is 19.3 Å². The molecule has 2 amide bonds. The highest BCUT2D eigenvalue weighted by Crippen LogP contribution is 2.22. The summed E-state index contributed by atoms with van der Waals surface area (Å²) in [6, 6.07) is 7.85. The molecule has 1 aromatic rings. The molecule has 2 saturated heterocycles. The number of hydrogen-bond acceptors (Lipinski definition) is 4. The lowest BCUT2D eigenvalue weighted by atomic mass is 10.2. The SMILES string of the molecule is O=C(CN1CCCOC1=O)Nc1ccc(N2CCCC2)cc1. The summed E-state index contributed by atoms with van der Waals surface area (Å²) in [5.74, 6) is -0.201. The van der Waals surface area contributed by atoms with E-state index in [1.807, 2.05) is 24.3 Å². The number of cyclic esters (lactones) is 1. The van der Waals surface area contributed by atoms with Crippen LogP contribution in [0.15, 0.2) is 24.3 Å². The van der Waals surface area contributed by atoms with E-state index in [2.05, 4.69) is 10.2 Å². The molecule has 2 fully saturated rings. The highest BCUT2D eigenvalue weighted by Gasteiger charge is 2.22. The first-order valence-corrected chi connectivity index (χ1v) is 7.79. The van der Waals surface area contributed by atoms with Crippen LogP contribution < -0.4 is 10.2 Å². The van der Waals surface area contributed by atoms with E-state index in [1.54, 1.807) is 0 Å². The van der Waals surface area contributed by atoms with Gasteiger partial charge in [0.15, 0.2) is 0 Å². The van der Waals surface area contributed by atoms with Crippen LogP contribution in [0.3, 0.4) is 0 Å². The van der Waals surface area contributed by atoms with Gasteiger partial charge in [-0.1, -0.05) is 0 Å². The van der Waals surface area contributed by atoms with Crippen LogP contribution >= 0.6 is 0 Å². The van der Waals surface area contributed by atoms with Crippen LogP contribution in [0.5, 0.6) is 0 Å². The molecule has 0 unspecified atom stereocenters. The number of nitrogens with zero attached hydrogens (tertiary/aromatic N) is 2. The number of nitrogens with one attached hydrogen (secondary N) is 1. The summed E-state index contributed by atoms with van der Waals surface area (Å²) in [7, 11) is 0. The molecule has 6 nitrogen and oxygen atoms in total. The third-order valence-electron chi connectivity index (χ3n) is 4.01. The monoisotopic (exact) mass is 303 g/mol. The lowest BCUT2D eigenvalue weighted by Crippen LogP contribution is -2.42. The maximum Gasteiger partial charge on any atom is 0.410 e. The fourth-order valence-electron chi connectivity index (χ4n) is 2.85. The minimum Gasteiger partial charge on any atom is -0.449 e. The van der Waals surface area contributed by atoms with Gasteiger partial charge < -0.3 is 15.0 Å². The number of anilines is 2. The minimum atomic E-state index is -0.411. The molecule has 1 aromatic carbocycles. The van der Waals surface area contributed by atoms with Gasteiger partial charge in [-0.15, -0.1) is 0 Å². The van der Waals surface area contributed by atoms with Crippen LogP contribution in [0.25, 0.3) is 0 Å². The molecule has 2 aliphatic rings. The third-order valence-corrected chi connectivity index (χ3v) is 4.01. The predicted octanol–water partition coefficient (Wildman–Crippen LogP) is 2.07. The van der Waals surface area contributed by atoms with Gasteiger partial charge >= 0.3 is 6.09 Å². The Kier molecular flexibility index (Phi) is 4.46. The van der Waals surface area contributed by atoms with E-state index in [1.165, 1.54) is 23.4 Å². The van der Waals surface area contributed by atoms with E-state index in [-0.39, 0.29) is 12.5 Å². The molecule has 118 valence electrons. The molecule has 0 bridgehead atoms. The topological polar surface area (TPSA) is 61.9 Å². The Morgan fingerprint density at radius 3 is 2.50 bits per heavy atom. The van der Waals surface area contributed by atoms with Gasteiger partial charge in [-0.3, -0.25) is 9.69 Å². The van der Waals surface area contributed by atoms with Gasteiger partial charge in [0.1, 0.15) is 6.54 Å². The number of carbonyl (C=O) groups excluding carboxylic acids is 2. The molecule has 0 atom stereocenters. The van der Waals surface area contributed by atoms with Crippen molar-refractivity contribution in [2.75, 3.05) is 43.0 Å². The summed E-state index contributed by atoms with van der Waals surface area (Å²) in [6.07, 6.45) is 2.84. The Balaban J connectivity index is 1.53. The molecule has 0 aliphatic carbocycles. The van der Waals surface area contributed by atoms with Crippen LogP contribution in [0.1, 0.15) is 19.3 Å². The fraction of sp³-hybridized carbons (Fsp3) is 0.500. The number of benzene rings is 1. The molecule has 2 heterocycles. The van der Waals surface area contributed by atoms with E-state index in [0.717, 1.165) is 25.2 Å². The van der Waals surface area contributed by atoms with Crippen molar-refractivity contribution in [1.82, 2.24) is 4.90 Å². The Morgan fingerprint density at radius 1 is 1.09 bits per heavy atom. The molecule has 1 N–H and O–H groups in total. The smallest absolute Gasteiger partial charge is 0.410 e. The van der Waals surface area contributed by atoms with Crippen molar-refractivity contribution in [2.24, 2.45) is 0 Å². The zero-order valence-corrected chi connectivity index (χ0v) is 12.6. The molecule has 0 radical (unpaired) electrons. The summed E-state index contributed by atoms with van der Waals surface area (Å²) in [5.41, 5.74) is 1.94. The first kappa shape index (κ1) is 14.7. The van der Waals surface area contributed by atoms with Crippen molar-refractivity contribution in [1.29, 1.82) is 0 Å². The van der Waals surface area contributed by atoms with Crippen LogP contribution in [0, 0.1) is 0 Å². The maximum atomic E-state index is 12.0.